The Morgan fingerprint density at radius 3 is 2.41 bits per heavy atom. The minimum atomic E-state index is -0.937. The maximum absolute atomic E-state index is 15.0. The number of aromatic nitrogens is 4. The van der Waals surface area contributed by atoms with Crippen molar-refractivity contribution in [2.45, 2.75) is 26.3 Å². The van der Waals surface area contributed by atoms with Gasteiger partial charge in [0.05, 0.1) is 28.0 Å². The first-order chi connectivity index (χ1) is 16.2. The van der Waals surface area contributed by atoms with E-state index in [0.717, 1.165) is 6.07 Å². The summed E-state index contributed by atoms with van der Waals surface area (Å²) in [5.74, 6) is -2.45. The van der Waals surface area contributed by atoms with Crippen molar-refractivity contribution in [2.75, 3.05) is 18.6 Å². The molecule has 10 heteroatoms. The van der Waals surface area contributed by atoms with Gasteiger partial charge in [0.25, 0.3) is 0 Å². The normalized spacial score (nSPS) is 12.4. The van der Waals surface area contributed by atoms with Crippen LogP contribution in [0.15, 0.2) is 36.7 Å². The van der Waals surface area contributed by atoms with Gasteiger partial charge in [-0.2, -0.15) is 0 Å². The number of nitrogens with zero attached hydrogens (tertiary/aromatic N) is 4. The van der Waals surface area contributed by atoms with Crippen LogP contribution in [0.3, 0.4) is 0 Å². The van der Waals surface area contributed by atoms with Crippen molar-refractivity contribution < 1.29 is 13.2 Å². The zero-order valence-corrected chi connectivity index (χ0v) is 20.6. The van der Waals surface area contributed by atoms with E-state index < -0.39 is 31.4 Å². The average Bonchev–Trinajstić information content (AvgIpc) is 2.81. The smallest absolute Gasteiger partial charge is 0.164 e. The number of hydrogen-bond donors (Lipinski definition) is 1. The van der Waals surface area contributed by atoms with Crippen LogP contribution in [0.2, 0.25) is 5.02 Å². The van der Waals surface area contributed by atoms with Crippen molar-refractivity contribution in [3.05, 3.63) is 70.4 Å². The number of nitrogens with one attached hydrogen (secondary N) is 1. The molecule has 5 nitrogen and oxygen atoms in total. The monoisotopic (exact) mass is 503 g/mol. The first-order valence-corrected chi connectivity index (χ1v) is 13.2. The Kier molecular flexibility index (Phi) is 7.01. The first kappa shape index (κ1) is 24.3. The van der Waals surface area contributed by atoms with Gasteiger partial charge in [-0.25, -0.2) is 33.1 Å². The number of fused-ring (bicyclic) bond motifs is 1. The van der Waals surface area contributed by atoms with Crippen LogP contribution in [-0.4, -0.2) is 33.3 Å². The fraction of sp³-hybridized carbons (Fsp3) is 0.250. The Morgan fingerprint density at radius 2 is 1.76 bits per heavy atom. The molecule has 0 amide bonds. The highest BCUT2D eigenvalue weighted by atomic mass is 35.5. The van der Waals surface area contributed by atoms with E-state index >= 15 is 4.39 Å². The lowest BCUT2D eigenvalue weighted by Gasteiger charge is -2.22. The molecule has 1 N–H and O–H groups in total. The standard InChI is InChI=1S/C24H22ClF3N5P/c1-5-17(14-7-6-8-15(26)20(14)28)32-23-19(25)12(2)31-18-9-16(27)21(33-22(18)23)13-10-29-24(30-11-13)34(3)4/h6-11,17H,5H2,1-4H3,(H,31,32). The lowest BCUT2D eigenvalue weighted by atomic mass is 10.0. The van der Waals surface area contributed by atoms with E-state index in [0.29, 0.717) is 34.4 Å². The van der Waals surface area contributed by atoms with Crippen LogP contribution in [0, 0.1) is 24.4 Å². The number of anilines is 1. The molecule has 0 aliphatic carbocycles. The minimum absolute atomic E-state index is 0.0466. The second-order valence-corrected chi connectivity index (χ2v) is 10.6. The van der Waals surface area contributed by atoms with Crippen molar-refractivity contribution in [2.24, 2.45) is 0 Å². The van der Waals surface area contributed by atoms with Crippen LogP contribution in [0.1, 0.15) is 30.6 Å². The molecule has 0 radical (unpaired) electrons. The zero-order chi connectivity index (χ0) is 24.6. The molecule has 1 unspecified atom stereocenters. The van der Waals surface area contributed by atoms with Gasteiger partial charge in [0.2, 0.25) is 0 Å². The molecule has 0 saturated heterocycles. The molecule has 1 aromatic carbocycles. The summed E-state index contributed by atoms with van der Waals surface area (Å²) in [6, 6.07) is 4.69. The van der Waals surface area contributed by atoms with Gasteiger partial charge < -0.3 is 5.32 Å². The zero-order valence-electron chi connectivity index (χ0n) is 19.0. The van der Waals surface area contributed by atoms with Gasteiger partial charge in [-0.15, -0.1) is 0 Å². The van der Waals surface area contributed by atoms with Crippen LogP contribution >= 0.6 is 19.5 Å². The minimum Gasteiger partial charge on any atom is -0.375 e. The van der Waals surface area contributed by atoms with E-state index in [1.807, 2.05) is 20.3 Å². The molecule has 176 valence electrons. The highest BCUT2D eigenvalue weighted by molar-refractivity contribution is 7.63. The summed E-state index contributed by atoms with van der Waals surface area (Å²) >= 11 is 6.58. The molecule has 0 aliphatic rings. The van der Waals surface area contributed by atoms with Gasteiger partial charge in [-0.1, -0.05) is 30.7 Å². The Labute approximate surface area is 201 Å². The van der Waals surface area contributed by atoms with Crippen molar-refractivity contribution in [1.29, 1.82) is 0 Å². The molecule has 4 rings (SSSR count). The number of aryl methyl sites for hydroxylation is 1. The summed E-state index contributed by atoms with van der Waals surface area (Å²) in [5, 5.41) is 3.46. The Balaban J connectivity index is 1.86. The summed E-state index contributed by atoms with van der Waals surface area (Å²) in [6.45, 7) is 7.57. The van der Waals surface area contributed by atoms with Crippen LogP contribution in [0.25, 0.3) is 22.3 Å². The Morgan fingerprint density at radius 1 is 1.06 bits per heavy atom. The molecule has 0 spiro atoms. The Hall–Kier alpha value is -2.83. The van der Waals surface area contributed by atoms with Crippen molar-refractivity contribution in [3.63, 3.8) is 0 Å². The van der Waals surface area contributed by atoms with Gasteiger partial charge in [0.15, 0.2) is 17.5 Å². The van der Waals surface area contributed by atoms with Gasteiger partial charge in [0.1, 0.15) is 16.8 Å². The molecule has 1 atom stereocenters. The highest BCUT2D eigenvalue weighted by Crippen LogP contribution is 2.37. The predicted octanol–water partition coefficient (Wildman–Crippen LogP) is 6.40. The third-order valence-electron chi connectivity index (χ3n) is 5.41. The fourth-order valence-electron chi connectivity index (χ4n) is 3.64. The average molecular weight is 504 g/mol. The van der Waals surface area contributed by atoms with Gasteiger partial charge in [-0.3, -0.25) is 0 Å². The van der Waals surface area contributed by atoms with Crippen molar-refractivity contribution in [1.82, 2.24) is 19.9 Å². The largest absolute Gasteiger partial charge is 0.375 e. The molecule has 0 bridgehead atoms. The van der Waals surface area contributed by atoms with Crippen LogP contribution in [-0.2, 0) is 0 Å². The lowest BCUT2D eigenvalue weighted by molar-refractivity contribution is 0.490. The molecule has 4 aromatic rings. The van der Waals surface area contributed by atoms with E-state index in [2.05, 4.69) is 25.3 Å². The van der Waals surface area contributed by atoms with Crippen LogP contribution in [0.4, 0.5) is 18.9 Å². The lowest BCUT2D eigenvalue weighted by Crippen LogP contribution is -2.14. The fourth-order valence-corrected chi connectivity index (χ4v) is 4.40. The molecule has 3 aromatic heterocycles. The molecule has 3 heterocycles. The van der Waals surface area contributed by atoms with E-state index in [4.69, 9.17) is 11.6 Å². The van der Waals surface area contributed by atoms with Gasteiger partial charge in [-0.05, 0) is 40.7 Å². The highest BCUT2D eigenvalue weighted by Gasteiger charge is 2.22. The second-order valence-electron chi connectivity index (χ2n) is 7.99. The molecule has 0 aliphatic heterocycles. The summed E-state index contributed by atoms with van der Waals surface area (Å²) < 4.78 is 43.4. The van der Waals surface area contributed by atoms with Crippen molar-refractivity contribution in [3.8, 4) is 11.3 Å². The quantitative estimate of drug-likeness (QED) is 0.309. The number of hydrogen-bond acceptors (Lipinski definition) is 5. The molecular weight excluding hydrogens is 482 g/mol. The van der Waals surface area contributed by atoms with E-state index in [1.165, 1.54) is 30.6 Å². The Bertz CT molecular complexity index is 1370. The van der Waals surface area contributed by atoms with Crippen LogP contribution in [0.5, 0.6) is 0 Å². The summed E-state index contributed by atoms with van der Waals surface area (Å²) in [6.07, 6.45) is 3.50. The molecule has 0 saturated carbocycles. The number of benzene rings is 1. The molecular formula is C24H22ClF3N5P. The summed E-state index contributed by atoms with van der Waals surface area (Å²) in [4.78, 5) is 17.5. The number of pyridine rings is 2. The predicted molar refractivity (Wildman–Crippen MR) is 132 cm³/mol. The van der Waals surface area contributed by atoms with E-state index in [9.17, 15) is 8.78 Å². The topological polar surface area (TPSA) is 63.6 Å². The van der Waals surface area contributed by atoms with Gasteiger partial charge >= 0.3 is 0 Å². The third kappa shape index (κ3) is 4.57. The van der Waals surface area contributed by atoms with Crippen molar-refractivity contribution >= 4 is 41.8 Å². The number of halogens is 4. The second kappa shape index (κ2) is 9.80. The molecule has 34 heavy (non-hydrogen) atoms. The first-order valence-electron chi connectivity index (χ1n) is 10.6. The maximum Gasteiger partial charge on any atom is 0.164 e. The van der Waals surface area contributed by atoms with E-state index in [-0.39, 0.29) is 21.8 Å². The summed E-state index contributed by atoms with van der Waals surface area (Å²) in [7, 11) is -0.496. The number of rotatable bonds is 6. The molecule has 0 fully saturated rings. The summed E-state index contributed by atoms with van der Waals surface area (Å²) in [5.41, 5.74) is 2.71. The van der Waals surface area contributed by atoms with E-state index in [1.54, 1.807) is 6.92 Å². The third-order valence-corrected chi connectivity index (χ3v) is 6.91. The van der Waals surface area contributed by atoms with Gasteiger partial charge in [0, 0.05) is 29.6 Å². The van der Waals surface area contributed by atoms with Crippen LogP contribution < -0.4 is 10.9 Å². The maximum atomic E-state index is 15.0. The SMILES string of the molecule is CCC(Nc1c(Cl)c(C)nc2cc(F)c(-c3cnc(P(C)C)nc3)nc12)c1cccc(F)c1F.